The zero-order chi connectivity index (χ0) is 18.9. The topological polar surface area (TPSA) is 62.2 Å². The van der Waals surface area contributed by atoms with Crippen LogP contribution in [0.1, 0.15) is 21.5 Å². The Balaban J connectivity index is 2.12. The number of hydrogen-bond donors (Lipinski definition) is 2. The first-order valence-corrected chi connectivity index (χ1v) is 7.45. The predicted molar refractivity (Wildman–Crippen MR) is 88.2 cm³/mol. The molecule has 1 heterocycles. The van der Waals surface area contributed by atoms with Crippen molar-refractivity contribution in [1.82, 2.24) is 4.98 Å². The lowest BCUT2D eigenvalue weighted by Gasteiger charge is -2.15. The number of anilines is 2. The van der Waals surface area contributed by atoms with Crippen molar-refractivity contribution in [3.8, 4) is 0 Å². The van der Waals surface area contributed by atoms with Crippen molar-refractivity contribution in [3.63, 3.8) is 0 Å². The van der Waals surface area contributed by atoms with Gasteiger partial charge in [0.15, 0.2) is 0 Å². The van der Waals surface area contributed by atoms with Crippen molar-refractivity contribution in [2.75, 3.05) is 5.32 Å². The summed E-state index contributed by atoms with van der Waals surface area (Å²) in [5.74, 6) is -1.28. The molecule has 4 nitrogen and oxygen atoms in total. The number of alkyl halides is 4. The minimum atomic E-state index is -4.57. The van der Waals surface area contributed by atoms with E-state index in [1.807, 2.05) is 0 Å². The number of carboxylic acid groups (broad SMARTS) is 1. The molecule has 1 aromatic heterocycles. The number of pyridine rings is 1. The van der Waals surface area contributed by atoms with Crippen LogP contribution in [0.15, 0.2) is 48.7 Å². The van der Waals surface area contributed by atoms with Crippen molar-refractivity contribution in [3.05, 3.63) is 65.4 Å². The fraction of sp³-hybridized carbons (Fsp3) is 0.111. The molecular formula is C18H12F4N2O2. The number of rotatable bonds is 4. The highest BCUT2D eigenvalue weighted by atomic mass is 19.4. The van der Waals surface area contributed by atoms with Gasteiger partial charge in [-0.3, -0.25) is 4.98 Å². The van der Waals surface area contributed by atoms with Crippen LogP contribution in [0.3, 0.4) is 0 Å². The summed E-state index contributed by atoms with van der Waals surface area (Å²) in [4.78, 5) is 15.2. The third-order valence-corrected chi connectivity index (χ3v) is 3.81. The Labute approximate surface area is 145 Å². The second-order valence-corrected chi connectivity index (χ2v) is 5.50. The summed E-state index contributed by atoms with van der Waals surface area (Å²) in [5, 5.41) is 12.3. The molecule has 0 spiro atoms. The maximum absolute atomic E-state index is 13.2. The molecule has 0 aliphatic rings. The molecule has 26 heavy (non-hydrogen) atoms. The van der Waals surface area contributed by atoms with Crippen LogP contribution in [0.25, 0.3) is 10.9 Å². The first kappa shape index (κ1) is 17.7. The number of aromatic carboxylic acids is 1. The zero-order valence-corrected chi connectivity index (χ0v) is 13.1. The van der Waals surface area contributed by atoms with Gasteiger partial charge in [-0.05, 0) is 29.8 Å². The second-order valence-electron chi connectivity index (χ2n) is 5.50. The quantitative estimate of drug-likeness (QED) is 0.628. The highest BCUT2D eigenvalue weighted by molar-refractivity contribution is 5.99. The molecule has 0 bridgehead atoms. The van der Waals surface area contributed by atoms with Crippen LogP contribution < -0.4 is 5.32 Å². The summed E-state index contributed by atoms with van der Waals surface area (Å²) < 4.78 is 52.2. The summed E-state index contributed by atoms with van der Waals surface area (Å²) in [6, 6.07) is 9.03. The van der Waals surface area contributed by atoms with Crippen LogP contribution in [-0.4, -0.2) is 16.1 Å². The van der Waals surface area contributed by atoms with Crippen molar-refractivity contribution in [1.29, 1.82) is 0 Å². The molecule has 0 atom stereocenters. The summed E-state index contributed by atoms with van der Waals surface area (Å²) in [5.41, 5.74) is -0.729. The highest BCUT2D eigenvalue weighted by Gasteiger charge is 2.33. The van der Waals surface area contributed by atoms with Gasteiger partial charge in [0.1, 0.15) is 6.67 Å². The molecule has 3 aromatic rings. The van der Waals surface area contributed by atoms with Crippen molar-refractivity contribution in [2.45, 2.75) is 12.9 Å². The number of aromatic nitrogens is 1. The van der Waals surface area contributed by atoms with E-state index in [4.69, 9.17) is 0 Å². The molecular weight excluding hydrogens is 352 g/mol. The Morgan fingerprint density at radius 1 is 1.12 bits per heavy atom. The van der Waals surface area contributed by atoms with E-state index in [1.54, 1.807) is 0 Å². The van der Waals surface area contributed by atoms with Crippen LogP contribution in [0.4, 0.5) is 28.9 Å². The highest BCUT2D eigenvalue weighted by Crippen LogP contribution is 2.36. The Bertz CT molecular complexity index is 987. The molecule has 0 saturated carbocycles. The minimum absolute atomic E-state index is 0.139. The lowest BCUT2D eigenvalue weighted by atomic mass is 10.1. The SMILES string of the molecule is O=C(O)c1cc(CF)ccc1Nc1ccnc2c(C(F)(F)F)cccc12. The molecule has 134 valence electrons. The third kappa shape index (κ3) is 3.30. The molecule has 0 aliphatic heterocycles. The lowest BCUT2D eigenvalue weighted by Crippen LogP contribution is -2.07. The van der Waals surface area contributed by atoms with Gasteiger partial charge in [-0.2, -0.15) is 13.2 Å². The Morgan fingerprint density at radius 3 is 2.54 bits per heavy atom. The van der Waals surface area contributed by atoms with E-state index in [0.717, 1.165) is 6.07 Å². The molecule has 0 unspecified atom stereocenters. The molecule has 0 aliphatic carbocycles. The van der Waals surface area contributed by atoms with Crippen LogP contribution >= 0.6 is 0 Å². The van der Waals surface area contributed by atoms with E-state index >= 15 is 0 Å². The number of fused-ring (bicyclic) bond motifs is 1. The number of para-hydroxylation sites is 1. The summed E-state index contributed by atoms with van der Waals surface area (Å²) in [7, 11) is 0. The fourth-order valence-electron chi connectivity index (χ4n) is 2.62. The summed E-state index contributed by atoms with van der Waals surface area (Å²) >= 11 is 0. The average molecular weight is 364 g/mol. The van der Waals surface area contributed by atoms with Gasteiger partial charge < -0.3 is 10.4 Å². The van der Waals surface area contributed by atoms with Crippen molar-refractivity contribution >= 4 is 28.2 Å². The Morgan fingerprint density at radius 2 is 1.88 bits per heavy atom. The lowest BCUT2D eigenvalue weighted by molar-refractivity contribution is -0.136. The molecule has 0 radical (unpaired) electrons. The van der Waals surface area contributed by atoms with E-state index in [-0.39, 0.29) is 33.4 Å². The van der Waals surface area contributed by atoms with E-state index in [9.17, 15) is 27.5 Å². The van der Waals surface area contributed by atoms with Crippen LogP contribution in [-0.2, 0) is 12.9 Å². The predicted octanol–water partition coefficient (Wildman–Crippen LogP) is 5.16. The number of carboxylic acids is 1. The first-order chi connectivity index (χ1) is 12.3. The van der Waals surface area contributed by atoms with E-state index in [1.165, 1.54) is 42.6 Å². The molecule has 0 saturated heterocycles. The van der Waals surface area contributed by atoms with Crippen LogP contribution in [0, 0.1) is 0 Å². The van der Waals surface area contributed by atoms with Crippen LogP contribution in [0.5, 0.6) is 0 Å². The van der Waals surface area contributed by atoms with Crippen molar-refractivity contribution in [2.24, 2.45) is 0 Å². The molecule has 2 N–H and O–H groups in total. The normalized spacial score (nSPS) is 11.5. The van der Waals surface area contributed by atoms with Gasteiger partial charge in [0, 0.05) is 17.3 Å². The first-order valence-electron chi connectivity index (χ1n) is 7.45. The largest absolute Gasteiger partial charge is 0.478 e. The minimum Gasteiger partial charge on any atom is -0.478 e. The standard InChI is InChI=1S/C18H12F4N2O2/c19-9-10-4-5-14(12(8-10)17(25)26)24-15-6-7-23-16-11(15)2-1-3-13(16)18(20,21)22/h1-8H,9H2,(H,23,24)(H,25,26). The average Bonchev–Trinajstić information content (AvgIpc) is 2.60. The zero-order valence-electron chi connectivity index (χ0n) is 13.1. The second kappa shape index (κ2) is 6.62. The monoisotopic (exact) mass is 364 g/mol. The van der Waals surface area contributed by atoms with E-state index < -0.39 is 24.4 Å². The van der Waals surface area contributed by atoms with E-state index in [0.29, 0.717) is 0 Å². The molecule has 0 amide bonds. The number of nitrogens with one attached hydrogen (secondary N) is 1. The van der Waals surface area contributed by atoms with E-state index in [2.05, 4.69) is 10.3 Å². The molecule has 8 heteroatoms. The molecule has 0 fully saturated rings. The number of hydrogen-bond acceptors (Lipinski definition) is 3. The maximum Gasteiger partial charge on any atom is 0.418 e. The number of nitrogens with zero attached hydrogens (tertiary/aromatic N) is 1. The van der Waals surface area contributed by atoms with Gasteiger partial charge in [0.25, 0.3) is 0 Å². The smallest absolute Gasteiger partial charge is 0.418 e. The third-order valence-electron chi connectivity index (χ3n) is 3.81. The van der Waals surface area contributed by atoms with Gasteiger partial charge in [-0.1, -0.05) is 18.2 Å². The van der Waals surface area contributed by atoms with Crippen molar-refractivity contribution < 1.29 is 27.5 Å². The Kier molecular flexibility index (Phi) is 4.50. The van der Waals surface area contributed by atoms with Gasteiger partial charge in [-0.15, -0.1) is 0 Å². The van der Waals surface area contributed by atoms with Gasteiger partial charge in [0.2, 0.25) is 0 Å². The number of halogens is 4. The summed E-state index contributed by atoms with van der Waals surface area (Å²) in [6.45, 7) is -0.826. The van der Waals surface area contributed by atoms with Gasteiger partial charge in [0.05, 0.1) is 22.3 Å². The van der Waals surface area contributed by atoms with Gasteiger partial charge in [-0.25, -0.2) is 9.18 Å². The maximum atomic E-state index is 13.2. The fourth-order valence-corrected chi connectivity index (χ4v) is 2.62. The molecule has 2 aromatic carbocycles. The van der Waals surface area contributed by atoms with Crippen LogP contribution in [0.2, 0.25) is 0 Å². The summed E-state index contributed by atoms with van der Waals surface area (Å²) in [6.07, 6.45) is -3.36. The van der Waals surface area contributed by atoms with Gasteiger partial charge >= 0.3 is 12.1 Å². The number of carbonyl (C=O) groups is 1. The number of benzene rings is 2. The Hall–Kier alpha value is -3.16. The molecule has 3 rings (SSSR count).